The van der Waals surface area contributed by atoms with E-state index in [4.69, 9.17) is 15.2 Å². The number of esters is 1. The highest BCUT2D eigenvalue weighted by Crippen LogP contribution is 2.21. The van der Waals surface area contributed by atoms with E-state index in [0.717, 1.165) is 17.6 Å². The third-order valence-electron chi connectivity index (χ3n) is 4.31. The zero-order valence-electron chi connectivity index (χ0n) is 14.8. The van der Waals surface area contributed by atoms with E-state index < -0.39 is 5.92 Å². The standard InChI is InChI=1S/C19H26N2O4/c1-14(20)17(18(22)24-2)11-16-9-6-10-21(12-16)19(23)25-13-15-7-4-3-5-8-15/h3-5,7-9,14,17H,6,10-13,20H2,1-2H3/t14-,17-/m1/s1. The average Bonchev–Trinajstić information content (AvgIpc) is 2.64. The predicted molar refractivity (Wildman–Crippen MR) is 94.7 cm³/mol. The molecule has 1 aliphatic heterocycles. The van der Waals surface area contributed by atoms with Gasteiger partial charge >= 0.3 is 12.1 Å². The first-order chi connectivity index (χ1) is 12.0. The first kappa shape index (κ1) is 19.0. The molecule has 0 saturated heterocycles. The lowest BCUT2D eigenvalue weighted by Gasteiger charge is -2.29. The molecule has 136 valence electrons. The van der Waals surface area contributed by atoms with E-state index in [1.54, 1.807) is 11.8 Å². The van der Waals surface area contributed by atoms with Crippen LogP contribution in [0.3, 0.4) is 0 Å². The van der Waals surface area contributed by atoms with E-state index in [-0.39, 0.29) is 24.7 Å². The van der Waals surface area contributed by atoms with Gasteiger partial charge in [-0.3, -0.25) is 4.79 Å². The number of hydrogen-bond donors (Lipinski definition) is 1. The fraction of sp³-hybridized carbons (Fsp3) is 0.474. The number of rotatable bonds is 6. The van der Waals surface area contributed by atoms with E-state index in [2.05, 4.69) is 6.08 Å². The van der Waals surface area contributed by atoms with Gasteiger partial charge in [-0.05, 0) is 25.3 Å². The molecule has 2 atom stereocenters. The van der Waals surface area contributed by atoms with Crippen molar-refractivity contribution in [3.8, 4) is 0 Å². The van der Waals surface area contributed by atoms with Gasteiger partial charge in [-0.2, -0.15) is 0 Å². The van der Waals surface area contributed by atoms with E-state index in [0.29, 0.717) is 19.5 Å². The Balaban J connectivity index is 1.89. The highest BCUT2D eigenvalue weighted by atomic mass is 16.6. The Morgan fingerprint density at radius 3 is 2.64 bits per heavy atom. The van der Waals surface area contributed by atoms with Crippen molar-refractivity contribution in [1.29, 1.82) is 0 Å². The maximum Gasteiger partial charge on any atom is 0.410 e. The first-order valence-corrected chi connectivity index (χ1v) is 8.48. The lowest BCUT2D eigenvalue weighted by atomic mass is 9.91. The number of carbonyl (C=O) groups excluding carboxylic acids is 2. The summed E-state index contributed by atoms with van der Waals surface area (Å²) in [6, 6.07) is 9.26. The first-order valence-electron chi connectivity index (χ1n) is 8.48. The van der Waals surface area contributed by atoms with Gasteiger partial charge in [0.2, 0.25) is 0 Å². The normalized spacial score (nSPS) is 16.6. The molecule has 6 heteroatoms. The minimum atomic E-state index is -0.406. The molecule has 0 aromatic heterocycles. The van der Waals surface area contributed by atoms with Crippen molar-refractivity contribution < 1.29 is 19.1 Å². The van der Waals surface area contributed by atoms with Gasteiger partial charge in [0.05, 0.1) is 13.0 Å². The molecule has 0 spiro atoms. The molecule has 2 rings (SSSR count). The molecule has 1 amide bonds. The number of nitrogens with two attached hydrogens (primary N) is 1. The van der Waals surface area contributed by atoms with Crippen LogP contribution in [0.4, 0.5) is 4.79 Å². The van der Waals surface area contributed by atoms with Gasteiger partial charge in [0, 0.05) is 19.1 Å². The summed E-state index contributed by atoms with van der Waals surface area (Å²) in [5.41, 5.74) is 7.86. The third-order valence-corrected chi connectivity index (χ3v) is 4.31. The summed E-state index contributed by atoms with van der Waals surface area (Å²) in [7, 11) is 1.36. The molecule has 6 nitrogen and oxygen atoms in total. The third kappa shape index (κ3) is 5.60. The number of benzene rings is 1. The fourth-order valence-corrected chi connectivity index (χ4v) is 2.85. The highest BCUT2D eigenvalue weighted by Gasteiger charge is 2.27. The summed E-state index contributed by atoms with van der Waals surface area (Å²) < 4.78 is 10.2. The molecule has 25 heavy (non-hydrogen) atoms. The van der Waals surface area contributed by atoms with Gasteiger partial charge in [0.1, 0.15) is 6.61 Å². The Morgan fingerprint density at radius 1 is 1.28 bits per heavy atom. The molecule has 0 aliphatic carbocycles. The lowest BCUT2D eigenvalue weighted by molar-refractivity contribution is -0.146. The smallest absolute Gasteiger partial charge is 0.410 e. The minimum Gasteiger partial charge on any atom is -0.469 e. The van der Waals surface area contributed by atoms with Gasteiger partial charge in [0.25, 0.3) is 0 Å². The van der Waals surface area contributed by atoms with E-state index in [9.17, 15) is 9.59 Å². The largest absolute Gasteiger partial charge is 0.469 e. The van der Waals surface area contributed by atoms with Crippen molar-refractivity contribution in [2.24, 2.45) is 11.7 Å². The summed E-state index contributed by atoms with van der Waals surface area (Å²) >= 11 is 0. The molecule has 0 saturated carbocycles. The molecule has 0 radical (unpaired) electrons. The number of methoxy groups -OCH3 is 1. The number of nitrogens with zero attached hydrogens (tertiary/aromatic N) is 1. The second-order valence-electron chi connectivity index (χ2n) is 6.31. The molecule has 1 heterocycles. The summed E-state index contributed by atoms with van der Waals surface area (Å²) in [6.45, 7) is 3.10. The van der Waals surface area contributed by atoms with Crippen LogP contribution in [-0.2, 0) is 20.9 Å². The van der Waals surface area contributed by atoms with Crippen LogP contribution in [0.5, 0.6) is 0 Å². The molecule has 1 aliphatic rings. The van der Waals surface area contributed by atoms with Gasteiger partial charge in [-0.15, -0.1) is 0 Å². The van der Waals surface area contributed by atoms with Crippen LogP contribution in [-0.4, -0.2) is 43.2 Å². The fourth-order valence-electron chi connectivity index (χ4n) is 2.85. The number of hydrogen-bond acceptors (Lipinski definition) is 5. The van der Waals surface area contributed by atoms with Crippen LogP contribution in [0, 0.1) is 5.92 Å². The topological polar surface area (TPSA) is 81.9 Å². The lowest BCUT2D eigenvalue weighted by Crippen LogP contribution is -2.39. The highest BCUT2D eigenvalue weighted by molar-refractivity contribution is 5.73. The Kier molecular flexibility index (Phi) is 7.01. The van der Waals surface area contributed by atoms with Crippen molar-refractivity contribution in [2.45, 2.75) is 32.4 Å². The molecule has 1 aromatic rings. The van der Waals surface area contributed by atoms with Crippen LogP contribution in [0.2, 0.25) is 0 Å². The molecule has 2 N–H and O–H groups in total. The Labute approximate surface area is 148 Å². The summed E-state index contributed by atoms with van der Waals surface area (Å²) in [6.07, 6.45) is 2.96. The van der Waals surface area contributed by atoms with Crippen molar-refractivity contribution in [3.63, 3.8) is 0 Å². The van der Waals surface area contributed by atoms with Gasteiger partial charge in [-0.1, -0.05) is 42.0 Å². The SMILES string of the molecule is COC(=O)[C@H](CC1=CCCN(C(=O)OCc2ccccc2)C1)[C@@H](C)N. The van der Waals surface area contributed by atoms with Crippen LogP contribution >= 0.6 is 0 Å². The quantitative estimate of drug-likeness (QED) is 0.632. The van der Waals surface area contributed by atoms with Gasteiger partial charge < -0.3 is 20.1 Å². The maximum absolute atomic E-state index is 12.3. The Bertz CT molecular complexity index is 613. The summed E-state index contributed by atoms with van der Waals surface area (Å²) in [5, 5.41) is 0. The van der Waals surface area contributed by atoms with Crippen LogP contribution in [0.25, 0.3) is 0 Å². The summed E-state index contributed by atoms with van der Waals surface area (Å²) in [5.74, 6) is -0.726. The maximum atomic E-state index is 12.3. The second kappa shape index (κ2) is 9.22. The van der Waals surface area contributed by atoms with Crippen LogP contribution < -0.4 is 5.73 Å². The van der Waals surface area contributed by atoms with Crippen LogP contribution in [0.15, 0.2) is 42.0 Å². The predicted octanol–water partition coefficient (Wildman–Crippen LogP) is 2.48. The monoisotopic (exact) mass is 346 g/mol. The Morgan fingerprint density at radius 2 is 2.00 bits per heavy atom. The van der Waals surface area contributed by atoms with Gasteiger partial charge in [0.15, 0.2) is 0 Å². The van der Waals surface area contributed by atoms with Crippen molar-refractivity contribution >= 4 is 12.1 Å². The van der Waals surface area contributed by atoms with E-state index in [1.165, 1.54) is 7.11 Å². The molecular formula is C19H26N2O4. The Hall–Kier alpha value is -2.34. The summed E-state index contributed by atoms with van der Waals surface area (Å²) in [4.78, 5) is 25.8. The zero-order valence-corrected chi connectivity index (χ0v) is 14.8. The van der Waals surface area contributed by atoms with Crippen LogP contribution in [0.1, 0.15) is 25.3 Å². The molecule has 1 aromatic carbocycles. The average molecular weight is 346 g/mol. The molecular weight excluding hydrogens is 320 g/mol. The zero-order chi connectivity index (χ0) is 18.2. The molecule has 0 bridgehead atoms. The number of carbonyl (C=O) groups is 2. The van der Waals surface area contributed by atoms with Crippen molar-refractivity contribution in [3.05, 3.63) is 47.5 Å². The van der Waals surface area contributed by atoms with Crippen molar-refractivity contribution in [2.75, 3.05) is 20.2 Å². The van der Waals surface area contributed by atoms with E-state index in [1.807, 2.05) is 30.3 Å². The van der Waals surface area contributed by atoms with Gasteiger partial charge in [-0.25, -0.2) is 4.79 Å². The number of amides is 1. The number of ether oxygens (including phenoxy) is 2. The van der Waals surface area contributed by atoms with Crippen molar-refractivity contribution in [1.82, 2.24) is 4.90 Å². The van der Waals surface area contributed by atoms with E-state index >= 15 is 0 Å². The molecule has 0 fully saturated rings. The second-order valence-corrected chi connectivity index (χ2v) is 6.31. The molecule has 0 unspecified atom stereocenters. The minimum absolute atomic E-state index is 0.250.